The second-order valence-corrected chi connectivity index (χ2v) is 5.86. The minimum absolute atomic E-state index is 0.00147. The second kappa shape index (κ2) is 6.68. The van der Waals surface area contributed by atoms with E-state index in [0.29, 0.717) is 35.9 Å². The van der Waals surface area contributed by atoms with Crippen molar-refractivity contribution in [3.05, 3.63) is 41.5 Å². The van der Waals surface area contributed by atoms with E-state index in [0.717, 1.165) is 0 Å². The van der Waals surface area contributed by atoms with Crippen LogP contribution in [0.4, 0.5) is 10.5 Å². The van der Waals surface area contributed by atoms with Crippen molar-refractivity contribution in [3.8, 4) is 6.07 Å². The average Bonchev–Trinajstić information content (AvgIpc) is 3.13. The number of nitrogens with zero attached hydrogens (tertiary/aromatic N) is 4. The molecule has 8 nitrogen and oxygen atoms in total. The Morgan fingerprint density at radius 1 is 1.50 bits per heavy atom. The van der Waals surface area contributed by atoms with E-state index in [1.54, 1.807) is 31.2 Å². The number of aromatic nitrogens is 2. The van der Waals surface area contributed by atoms with Crippen molar-refractivity contribution >= 4 is 11.7 Å². The van der Waals surface area contributed by atoms with Crippen LogP contribution in [-0.2, 0) is 0 Å². The summed E-state index contributed by atoms with van der Waals surface area (Å²) in [5.41, 5.74) is 1.09. The Kier molecular flexibility index (Phi) is 4.44. The normalized spacial score (nSPS) is 20.5. The standard InChI is InChI=1S/C16H18N6O2/c1-10-18-15(24-21-10)14-7-13(9-22(14)2)20-16(23)19-12-5-3-4-11(6-12)8-17/h3-6,13-14H,7,9H2,1-2H3,(H2,19,20,23)/t13-,14-/m0/s1. The highest BCUT2D eigenvalue weighted by molar-refractivity contribution is 5.89. The zero-order valence-electron chi connectivity index (χ0n) is 13.5. The van der Waals surface area contributed by atoms with Crippen molar-refractivity contribution < 1.29 is 9.32 Å². The first kappa shape index (κ1) is 16.0. The van der Waals surface area contributed by atoms with Gasteiger partial charge in [0.15, 0.2) is 5.82 Å². The number of rotatable bonds is 3. The largest absolute Gasteiger partial charge is 0.338 e. The summed E-state index contributed by atoms with van der Waals surface area (Å²) < 4.78 is 5.23. The smallest absolute Gasteiger partial charge is 0.319 e. The van der Waals surface area contributed by atoms with Gasteiger partial charge in [0.05, 0.1) is 17.7 Å². The number of amides is 2. The molecule has 0 bridgehead atoms. The lowest BCUT2D eigenvalue weighted by molar-refractivity contribution is 0.243. The van der Waals surface area contributed by atoms with Gasteiger partial charge >= 0.3 is 6.03 Å². The fourth-order valence-electron chi connectivity index (χ4n) is 2.86. The number of hydrogen-bond acceptors (Lipinski definition) is 6. The summed E-state index contributed by atoms with van der Waals surface area (Å²) >= 11 is 0. The number of nitriles is 1. The van der Waals surface area contributed by atoms with E-state index in [4.69, 9.17) is 9.78 Å². The van der Waals surface area contributed by atoms with E-state index in [9.17, 15) is 4.79 Å². The molecule has 2 atom stereocenters. The number of carbonyl (C=O) groups is 1. The Hall–Kier alpha value is -2.92. The minimum Gasteiger partial charge on any atom is -0.338 e. The predicted molar refractivity (Wildman–Crippen MR) is 86.1 cm³/mol. The molecule has 2 heterocycles. The van der Waals surface area contributed by atoms with Crippen LogP contribution < -0.4 is 10.6 Å². The van der Waals surface area contributed by atoms with Crippen LogP contribution in [0.2, 0.25) is 0 Å². The highest BCUT2D eigenvalue weighted by Gasteiger charge is 2.34. The molecule has 0 radical (unpaired) electrons. The van der Waals surface area contributed by atoms with Crippen molar-refractivity contribution in [1.82, 2.24) is 20.4 Å². The number of benzene rings is 1. The molecule has 1 aromatic heterocycles. The van der Waals surface area contributed by atoms with Crippen LogP contribution in [-0.4, -0.2) is 40.7 Å². The van der Waals surface area contributed by atoms with Crippen molar-refractivity contribution in [3.63, 3.8) is 0 Å². The number of anilines is 1. The Balaban J connectivity index is 1.58. The first-order valence-electron chi connectivity index (χ1n) is 7.63. The van der Waals surface area contributed by atoms with Gasteiger partial charge in [-0.15, -0.1) is 0 Å². The summed E-state index contributed by atoms with van der Waals surface area (Å²) in [5.74, 6) is 1.17. The van der Waals surface area contributed by atoms with Gasteiger partial charge in [-0.3, -0.25) is 4.90 Å². The Bertz CT molecular complexity index is 781. The molecule has 0 unspecified atom stereocenters. The summed E-state index contributed by atoms with van der Waals surface area (Å²) in [6.45, 7) is 2.47. The first-order valence-corrected chi connectivity index (χ1v) is 7.63. The van der Waals surface area contributed by atoms with Crippen molar-refractivity contribution in [2.24, 2.45) is 0 Å². The summed E-state index contributed by atoms with van der Waals surface area (Å²) in [5, 5.41) is 18.4. The molecule has 1 aromatic carbocycles. The molecule has 0 aliphatic carbocycles. The number of likely N-dealkylation sites (N-methyl/N-ethyl adjacent to an activating group) is 1. The summed E-state index contributed by atoms with van der Waals surface area (Å²) in [6, 6.07) is 8.51. The van der Waals surface area contributed by atoms with E-state index in [-0.39, 0.29) is 18.1 Å². The number of aryl methyl sites for hydroxylation is 1. The molecule has 1 saturated heterocycles. The van der Waals surface area contributed by atoms with E-state index >= 15 is 0 Å². The second-order valence-electron chi connectivity index (χ2n) is 5.86. The molecule has 124 valence electrons. The van der Waals surface area contributed by atoms with Gasteiger partial charge in [-0.1, -0.05) is 11.2 Å². The number of carbonyl (C=O) groups excluding carboxylic acids is 1. The number of likely N-dealkylation sites (tertiary alicyclic amines) is 1. The van der Waals surface area contributed by atoms with Gasteiger partial charge in [0, 0.05) is 18.3 Å². The summed E-state index contributed by atoms with van der Waals surface area (Å²) in [7, 11) is 1.96. The predicted octanol–water partition coefficient (Wildman–Crippen LogP) is 1.82. The van der Waals surface area contributed by atoms with Gasteiger partial charge in [0.25, 0.3) is 0 Å². The SMILES string of the molecule is Cc1noc([C@@H]2C[C@H](NC(=O)Nc3cccc(C#N)c3)CN2C)n1. The van der Waals surface area contributed by atoms with Gasteiger partial charge in [0.1, 0.15) is 0 Å². The number of urea groups is 1. The van der Waals surface area contributed by atoms with E-state index in [2.05, 4.69) is 25.7 Å². The Morgan fingerprint density at radius 3 is 3.04 bits per heavy atom. The van der Waals surface area contributed by atoms with Crippen molar-refractivity contribution in [1.29, 1.82) is 5.26 Å². The zero-order chi connectivity index (χ0) is 17.1. The van der Waals surface area contributed by atoms with Gasteiger partial charge in [-0.2, -0.15) is 10.2 Å². The molecule has 0 spiro atoms. The summed E-state index contributed by atoms with van der Waals surface area (Å²) in [6.07, 6.45) is 0.698. The molecule has 2 aromatic rings. The van der Waals surface area contributed by atoms with Crippen LogP contribution in [0.25, 0.3) is 0 Å². The molecular formula is C16H18N6O2. The third-order valence-electron chi connectivity index (χ3n) is 3.96. The molecule has 2 N–H and O–H groups in total. The molecule has 0 saturated carbocycles. The molecule has 3 rings (SSSR count). The van der Waals surface area contributed by atoms with E-state index in [1.165, 1.54) is 0 Å². The first-order chi connectivity index (χ1) is 11.5. The average molecular weight is 326 g/mol. The third kappa shape index (κ3) is 3.52. The monoisotopic (exact) mass is 326 g/mol. The van der Waals surface area contributed by atoms with Crippen molar-refractivity contribution in [2.75, 3.05) is 18.9 Å². The molecule has 1 aliphatic rings. The third-order valence-corrected chi connectivity index (χ3v) is 3.96. The maximum Gasteiger partial charge on any atom is 0.319 e. The van der Waals surface area contributed by atoms with E-state index in [1.807, 2.05) is 13.1 Å². The lowest BCUT2D eigenvalue weighted by atomic mass is 10.1. The van der Waals surface area contributed by atoms with Gasteiger partial charge in [-0.05, 0) is 38.6 Å². The molecule has 1 fully saturated rings. The Morgan fingerprint density at radius 2 is 2.33 bits per heavy atom. The van der Waals surface area contributed by atoms with Crippen LogP contribution in [0, 0.1) is 18.3 Å². The maximum absolute atomic E-state index is 12.1. The molecule has 24 heavy (non-hydrogen) atoms. The van der Waals surface area contributed by atoms with Crippen LogP contribution >= 0.6 is 0 Å². The summed E-state index contributed by atoms with van der Waals surface area (Å²) in [4.78, 5) is 18.5. The van der Waals surface area contributed by atoms with Crippen molar-refractivity contribution in [2.45, 2.75) is 25.4 Å². The highest BCUT2D eigenvalue weighted by Crippen LogP contribution is 2.29. The fourth-order valence-corrected chi connectivity index (χ4v) is 2.86. The zero-order valence-corrected chi connectivity index (χ0v) is 13.5. The van der Waals surface area contributed by atoms with Crippen LogP contribution in [0.1, 0.15) is 29.7 Å². The van der Waals surface area contributed by atoms with Crippen LogP contribution in [0.3, 0.4) is 0 Å². The van der Waals surface area contributed by atoms with E-state index < -0.39 is 0 Å². The highest BCUT2D eigenvalue weighted by atomic mass is 16.5. The molecular weight excluding hydrogens is 308 g/mol. The van der Waals surface area contributed by atoms with Crippen LogP contribution in [0.15, 0.2) is 28.8 Å². The topological polar surface area (TPSA) is 107 Å². The van der Waals surface area contributed by atoms with Crippen LogP contribution in [0.5, 0.6) is 0 Å². The lowest BCUT2D eigenvalue weighted by Crippen LogP contribution is -2.39. The number of nitrogens with one attached hydrogen (secondary N) is 2. The van der Waals surface area contributed by atoms with Gasteiger partial charge in [-0.25, -0.2) is 4.79 Å². The lowest BCUT2D eigenvalue weighted by Gasteiger charge is -2.14. The van der Waals surface area contributed by atoms with Gasteiger partial charge in [0.2, 0.25) is 5.89 Å². The molecule has 2 amide bonds. The Labute approximate surface area is 139 Å². The minimum atomic E-state index is -0.300. The molecule has 1 aliphatic heterocycles. The molecule has 8 heteroatoms. The van der Waals surface area contributed by atoms with Gasteiger partial charge < -0.3 is 15.2 Å². The fraction of sp³-hybridized carbons (Fsp3) is 0.375. The number of hydrogen-bond donors (Lipinski definition) is 2. The maximum atomic E-state index is 12.1. The quantitative estimate of drug-likeness (QED) is 0.891.